The normalized spacial score (nSPS) is 18.1. The number of benzene rings is 1. The lowest BCUT2D eigenvalue weighted by atomic mass is 9.98. The standard InChI is InChI=1S/C16H23N3O2/c1-17-15(20)13-7-5-12(6-8-13)11-19(2)16(21)14-4-3-9-18-10-14/h5-8,14,18H,3-4,9-11H2,1-2H3,(H,17,20)/t14-/m1/s1. The molecule has 21 heavy (non-hydrogen) atoms. The summed E-state index contributed by atoms with van der Waals surface area (Å²) >= 11 is 0. The largest absolute Gasteiger partial charge is 0.355 e. The first-order valence-electron chi connectivity index (χ1n) is 7.38. The van der Waals surface area contributed by atoms with Crippen molar-refractivity contribution in [3.63, 3.8) is 0 Å². The molecule has 1 atom stereocenters. The van der Waals surface area contributed by atoms with E-state index in [2.05, 4.69) is 10.6 Å². The van der Waals surface area contributed by atoms with Crippen LogP contribution in [-0.2, 0) is 11.3 Å². The second-order valence-electron chi connectivity index (χ2n) is 5.51. The van der Waals surface area contributed by atoms with Crippen molar-refractivity contribution in [1.82, 2.24) is 15.5 Å². The summed E-state index contributed by atoms with van der Waals surface area (Å²) in [5.41, 5.74) is 1.66. The van der Waals surface area contributed by atoms with Gasteiger partial charge < -0.3 is 15.5 Å². The van der Waals surface area contributed by atoms with Gasteiger partial charge in [0.2, 0.25) is 5.91 Å². The van der Waals surface area contributed by atoms with Crippen molar-refractivity contribution in [2.45, 2.75) is 19.4 Å². The number of hydrogen-bond acceptors (Lipinski definition) is 3. The first kappa shape index (κ1) is 15.5. The van der Waals surface area contributed by atoms with E-state index < -0.39 is 0 Å². The van der Waals surface area contributed by atoms with Crippen LogP contribution < -0.4 is 10.6 Å². The van der Waals surface area contributed by atoms with Crippen LogP contribution in [-0.4, -0.2) is 43.9 Å². The maximum Gasteiger partial charge on any atom is 0.251 e. The zero-order valence-corrected chi connectivity index (χ0v) is 12.7. The molecule has 0 aromatic heterocycles. The van der Waals surface area contributed by atoms with Crippen LogP contribution in [0.5, 0.6) is 0 Å². The van der Waals surface area contributed by atoms with Crippen LogP contribution in [0.2, 0.25) is 0 Å². The van der Waals surface area contributed by atoms with Gasteiger partial charge in [-0.1, -0.05) is 12.1 Å². The van der Waals surface area contributed by atoms with Gasteiger partial charge in [0, 0.05) is 32.7 Å². The van der Waals surface area contributed by atoms with Crippen molar-refractivity contribution >= 4 is 11.8 Å². The summed E-state index contributed by atoms with van der Waals surface area (Å²) in [4.78, 5) is 25.6. The number of amides is 2. The zero-order chi connectivity index (χ0) is 15.2. The maximum atomic E-state index is 12.3. The number of piperidine rings is 1. The Labute approximate surface area is 125 Å². The smallest absolute Gasteiger partial charge is 0.251 e. The molecule has 1 aliphatic heterocycles. The second-order valence-corrected chi connectivity index (χ2v) is 5.51. The van der Waals surface area contributed by atoms with E-state index in [1.54, 1.807) is 24.1 Å². The Morgan fingerprint density at radius 1 is 1.33 bits per heavy atom. The van der Waals surface area contributed by atoms with E-state index in [4.69, 9.17) is 0 Å². The third-order valence-corrected chi connectivity index (χ3v) is 3.89. The molecule has 0 spiro atoms. The average Bonchev–Trinajstić information content (AvgIpc) is 2.55. The molecule has 1 aromatic carbocycles. The first-order valence-corrected chi connectivity index (χ1v) is 7.38. The fourth-order valence-electron chi connectivity index (χ4n) is 2.63. The number of nitrogens with zero attached hydrogens (tertiary/aromatic N) is 1. The third kappa shape index (κ3) is 4.04. The summed E-state index contributed by atoms with van der Waals surface area (Å²) in [6.45, 7) is 2.36. The number of rotatable bonds is 4. The quantitative estimate of drug-likeness (QED) is 0.869. The molecule has 0 bridgehead atoms. The Hall–Kier alpha value is -1.88. The minimum absolute atomic E-state index is 0.0916. The maximum absolute atomic E-state index is 12.3. The summed E-state index contributed by atoms with van der Waals surface area (Å²) in [6.07, 6.45) is 2.02. The molecule has 2 amide bonds. The van der Waals surface area contributed by atoms with E-state index in [0.717, 1.165) is 31.5 Å². The molecule has 1 aliphatic rings. The second kappa shape index (κ2) is 7.22. The minimum atomic E-state index is -0.0979. The molecule has 0 radical (unpaired) electrons. The van der Waals surface area contributed by atoms with E-state index in [-0.39, 0.29) is 17.7 Å². The molecule has 5 nitrogen and oxygen atoms in total. The van der Waals surface area contributed by atoms with Gasteiger partial charge in [-0.15, -0.1) is 0 Å². The summed E-state index contributed by atoms with van der Waals surface area (Å²) in [5.74, 6) is 0.186. The van der Waals surface area contributed by atoms with Crippen molar-refractivity contribution in [2.24, 2.45) is 5.92 Å². The van der Waals surface area contributed by atoms with Gasteiger partial charge >= 0.3 is 0 Å². The highest BCUT2D eigenvalue weighted by Gasteiger charge is 2.23. The van der Waals surface area contributed by atoms with Crippen molar-refractivity contribution in [3.8, 4) is 0 Å². The molecule has 2 N–H and O–H groups in total. The van der Waals surface area contributed by atoms with Gasteiger partial charge in [-0.05, 0) is 37.1 Å². The highest BCUT2D eigenvalue weighted by molar-refractivity contribution is 5.93. The van der Waals surface area contributed by atoms with Crippen molar-refractivity contribution in [2.75, 3.05) is 27.2 Å². The number of carbonyl (C=O) groups is 2. The Bertz CT molecular complexity index is 493. The average molecular weight is 289 g/mol. The highest BCUT2D eigenvalue weighted by Crippen LogP contribution is 2.15. The van der Waals surface area contributed by atoms with E-state index in [1.807, 2.05) is 19.2 Å². The summed E-state index contributed by atoms with van der Waals surface area (Å²) in [5, 5.41) is 5.86. The summed E-state index contributed by atoms with van der Waals surface area (Å²) in [6, 6.07) is 7.37. The zero-order valence-electron chi connectivity index (χ0n) is 12.7. The van der Waals surface area contributed by atoms with Crippen LogP contribution in [0.25, 0.3) is 0 Å². The van der Waals surface area contributed by atoms with Crippen LogP contribution >= 0.6 is 0 Å². The Kier molecular flexibility index (Phi) is 5.33. The minimum Gasteiger partial charge on any atom is -0.355 e. The van der Waals surface area contributed by atoms with Crippen LogP contribution in [0.4, 0.5) is 0 Å². The molecule has 114 valence electrons. The number of nitrogens with one attached hydrogen (secondary N) is 2. The SMILES string of the molecule is CNC(=O)c1ccc(CN(C)C(=O)[C@@H]2CCCNC2)cc1. The lowest BCUT2D eigenvalue weighted by Crippen LogP contribution is -2.41. The first-order chi connectivity index (χ1) is 10.1. The van der Waals surface area contributed by atoms with E-state index in [0.29, 0.717) is 12.1 Å². The van der Waals surface area contributed by atoms with E-state index >= 15 is 0 Å². The molecule has 0 saturated carbocycles. The van der Waals surface area contributed by atoms with Crippen molar-refractivity contribution in [1.29, 1.82) is 0 Å². The topological polar surface area (TPSA) is 61.4 Å². The molecule has 1 saturated heterocycles. The lowest BCUT2D eigenvalue weighted by Gasteiger charge is -2.27. The third-order valence-electron chi connectivity index (χ3n) is 3.89. The summed E-state index contributed by atoms with van der Waals surface area (Å²) < 4.78 is 0. The van der Waals surface area contributed by atoms with Gasteiger partial charge in [-0.25, -0.2) is 0 Å². The highest BCUT2D eigenvalue weighted by atomic mass is 16.2. The Morgan fingerprint density at radius 3 is 2.62 bits per heavy atom. The molecule has 1 heterocycles. The fraction of sp³-hybridized carbons (Fsp3) is 0.500. The molecule has 0 aliphatic carbocycles. The van der Waals surface area contributed by atoms with Crippen LogP contribution in [0.1, 0.15) is 28.8 Å². The Morgan fingerprint density at radius 2 is 2.05 bits per heavy atom. The predicted molar refractivity (Wildman–Crippen MR) is 81.9 cm³/mol. The van der Waals surface area contributed by atoms with Gasteiger partial charge in [0.1, 0.15) is 0 Å². The van der Waals surface area contributed by atoms with Gasteiger partial charge in [-0.3, -0.25) is 9.59 Å². The monoisotopic (exact) mass is 289 g/mol. The van der Waals surface area contributed by atoms with Crippen LogP contribution in [0.15, 0.2) is 24.3 Å². The molecular weight excluding hydrogens is 266 g/mol. The van der Waals surface area contributed by atoms with Gasteiger partial charge in [0.25, 0.3) is 5.91 Å². The molecular formula is C16H23N3O2. The van der Waals surface area contributed by atoms with Crippen LogP contribution in [0, 0.1) is 5.92 Å². The summed E-state index contributed by atoms with van der Waals surface area (Å²) in [7, 11) is 3.45. The predicted octanol–water partition coefficient (Wildman–Crippen LogP) is 1.00. The number of carbonyl (C=O) groups excluding carboxylic acids is 2. The van der Waals surface area contributed by atoms with E-state index in [9.17, 15) is 9.59 Å². The molecule has 0 unspecified atom stereocenters. The van der Waals surface area contributed by atoms with Crippen molar-refractivity contribution in [3.05, 3.63) is 35.4 Å². The molecule has 2 rings (SSSR count). The van der Waals surface area contributed by atoms with Gasteiger partial charge in [0.05, 0.1) is 5.92 Å². The lowest BCUT2D eigenvalue weighted by molar-refractivity contribution is -0.135. The molecule has 1 fully saturated rings. The van der Waals surface area contributed by atoms with Gasteiger partial charge in [0.15, 0.2) is 0 Å². The number of hydrogen-bond donors (Lipinski definition) is 2. The fourth-order valence-corrected chi connectivity index (χ4v) is 2.63. The van der Waals surface area contributed by atoms with Crippen molar-refractivity contribution < 1.29 is 9.59 Å². The van der Waals surface area contributed by atoms with Crippen LogP contribution in [0.3, 0.4) is 0 Å². The van der Waals surface area contributed by atoms with Gasteiger partial charge in [-0.2, -0.15) is 0 Å². The Balaban J connectivity index is 1.93. The molecule has 5 heteroatoms. The molecule has 1 aromatic rings. The van der Waals surface area contributed by atoms with E-state index in [1.165, 1.54) is 0 Å².